The highest BCUT2D eigenvalue weighted by Crippen LogP contribution is 2.32. The zero-order valence-electron chi connectivity index (χ0n) is 19.3. The summed E-state index contributed by atoms with van der Waals surface area (Å²) in [6, 6.07) is 6.07. The Bertz CT molecular complexity index is 875. The number of methoxy groups -OCH3 is 1. The van der Waals surface area contributed by atoms with Crippen LogP contribution in [-0.4, -0.2) is 35.5 Å². The van der Waals surface area contributed by atoms with E-state index in [1.807, 2.05) is 30.8 Å². The molecule has 0 bridgehead atoms. The number of guanidine groups is 1. The topological polar surface area (TPSA) is 72.7 Å². The van der Waals surface area contributed by atoms with Crippen molar-refractivity contribution in [2.45, 2.75) is 65.6 Å². The maximum Gasteiger partial charge on any atom is 0.191 e. The highest BCUT2D eigenvalue weighted by atomic mass is 127. The van der Waals surface area contributed by atoms with Crippen LogP contribution in [-0.2, 0) is 20.1 Å². The van der Waals surface area contributed by atoms with Crippen molar-refractivity contribution in [3.63, 3.8) is 0 Å². The molecular weight excluding hydrogens is 505 g/mol. The Balaban J connectivity index is 0.00000341. The van der Waals surface area contributed by atoms with Gasteiger partial charge >= 0.3 is 0 Å². The summed E-state index contributed by atoms with van der Waals surface area (Å²) in [6.07, 6.45) is 5.01. The smallest absolute Gasteiger partial charge is 0.191 e. The van der Waals surface area contributed by atoms with Gasteiger partial charge in [-0.05, 0) is 64.2 Å². The summed E-state index contributed by atoms with van der Waals surface area (Å²) in [5, 5.41) is 11.2. The normalized spacial score (nSPS) is 14.3. The molecule has 0 amide bonds. The van der Waals surface area contributed by atoms with E-state index in [2.05, 4.69) is 35.6 Å². The van der Waals surface area contributed by atoms with E-state index >= 15 is 0 Å². The summed E-state index contributed by atoms with van der Waals surface area (Å²) in [7, 11) is 3.66. The van der Waals surface area contributed by atoms with E-state index < -0.39 is 0 Å². The van der Waals surface area contributed by atoms with Crippen molar-refractivity contribution < 1.29 is 9.47 Å². The Labute approximate surface area is 203 Å². The molecule has 0 atom stereocenters. The molecule has 1 aliphatic carbocycles. The molecule has 31 heavy (non-hydrogen) atoms. The quantitative estimate of drug-likeness (QED) is 0.297. The van der Waals surface area contributed by atoms with Gasteiger partial charge in [-0.1, -0.05) is 6.07 Å². The molecule has 1 aromatic heterocycles. The number of aromatic nitrogens is 2. The third-order valence-electron chi connectivity index (χ3n) is 5.68. The van der Waals surface area contributed by atoms with Crippen LogP contribution in [0.5, 0.6) is 11.5 Å². The summed E-state index contributed by atoms with van der Waals surface area (Å²) >= 11 is 0. The first-order valence-electron chi connectivity index (χ1n) is 10.9. The Kier molecular flexibility index (Phi) is 9.93. The number of hydrogen-bond acceptors (Lipinski definition) is 4. The molecule has 0 unspecified atom stereocenters. The van der Waals surface area contributed by atoms with Crippen molar-refractivity contribution in [3.8, 4) is 11.5 Å². The third-order valence-corrected chi connectivity index (χ3v) is 5.68. The molecule has 3 rings (SSSR count). The molecule has 8 heteroatoms. The molecule has 2 N–H and O–H groups in total. The van der Waals surface area contributed by atoms with Crippen LogP contribution in [0.25, 0.3) is 0 Å². The first-order chi connectivity index (χ1) is 14.5. The van der Waals surface area contributed by atoms with Crippen LogP contribution < -0.4 is 20.1 Å². The van der Waals surface area contributed by atoms with Crippen molar-refractivity contribution in [1.82, 2.24) is 20.4 Å². The van der Waals surface area contributed by atoms with Crippen LogP contribution in [0.2, 0.25) is 0 Å². The van der Waals surface area contributed by atoms with Gasteiger partial charge in [0, 0.05) is 31.4 Å². The molecule has 1 heterocycles. The molecule has 172 valence electrons. The van der Waals surface area contributed by atoms with Gasteiger partial charge in [-0.15, -0.1) is 24.0 Å². The van der Waals surface area contributed by atoms with Gasteiger partial charge < -0.3 is 20.1 Å². The average molecular weight is 541 g/mol. The minimum atomic E-state index is 0. The van der Waals surface area contributed by atoms with Crippen LogP contribution >= 0.6 is 24.0 Å². The van der Waals surface area contributed by atoms with Crippen molar-refractivity contribution in [1.29, 1.82) is 0 Å². The second-order valence-corrected chi connectivity index (χ2v) is 7.83. The van der Waals surface area contributed by atoms with Crippen LogP contribution in [0.4, 0.5) is 0 Å². The lowest BCUT2D eigenvalue weighted by Gasteiger charge is -2.17. The van der Waals surface area contributed by atoms with E-state index in [-0.39, 0.29) is 24.0 Å². The molecule has 7 nitrogen and oxygen atoms in total. The van der Waals surface area contributed by atoms with Crippen molar-refractivity contribution in [3.05, 3.63) is 40.7 Å². The first-order valence-corrected chi connectivity index (χ1v) is 10.9. The monoisotopic (exact) mass is 541 g/mol. The second-order valence-electron chi connectivity index (χ2n) is 7.83. The molecule has 1 aromatic carbocycles. The summed E-state index contributed by atoms with van der Waals surface area (Å²) < 4.78 is 13.6. The van der Waals surface area contributed by atoms with E-state index in [0.29, 0.717) is 19.2 Å². The van der Waals surface area contributed by atoms with Crippen LogP contribution in [0, 0.1) is 13.8 Å². The SMILES string of the molecule is CCNC(=NCc1ccc(OC)c(OC2CCCC2)c1)NCc1c(C)nn(C)c1C.I. The fraction of sp³-hybridized carbons (Fsp3) is 0.565. The molecule has 0 aliphatic heterocycles. The summed E-state index contributed by atoms with van der Waals surface area (Å²) in [5.74, 6) is 2.38. The predicted molar refractivity (Wildman–Crippen MR) is 136 cm³/mol. The highest BCUT2D eigenvalue weighted by Gasteiger charge is 2.18. The minimum absolute atomic E-state index is 0. The number of rotatable bonds is 8. The predicted octanol–water partition coefficient (Wildman–Crippen LogP) is 4.24. The van der Waals surface area contributed by atoms with Gasteiger partial charge in [0.05, 0.1) is 25.5 Å². The fourth-order valence-electron chi connectivity index (χ4n) is 3.85. The highest BCUT2D eigenvalue weighted by molar-refractivity contribution is 14.0. The Morgan fingerprint density at radius 2 is 1.94 bits per heavy atom. The van der Waals surface area contributed by atoms with Crippen LogP contribution in [0.1, 0.15) is 55.1 Å². The van der Waals surface area contributed by atoms with Gasteiger partial charge in [0.15, 0.2) is 17.5 Å². The number of benzene rings is 1. The van der Waals surface area contributed by atoms with E-state index in [1.54, 1.807) is 7.11 Å². The minimum Gasteiger partial charge on any atom is -0.493 e. The molecular formula is C23H36IN5O2. The second kappa shape index (κ2) is 12.2. The summed E-state index contributed by atoms with van der Waals surface area (Å²) in [6.45, 7) is 8.25. The Morgan fingerprint density at radius 3 is 2.55 bits per heavy atom. The zero-order valence-corrected chi connectivity index (χ0v) is 21.7. The first kappa shape index (κ1) is 25.3. The van der Waals surface area contributed by atoms with Gasteiger partial charge in [-0.2, -0.15) is 5.10 Å². The zero-order chi connectivity index (χ0) is 21.5. The van der Waals surface area contributed by atoms with Crippen LogP contribution in [0.3, 0.4) is 0 Å². The maximum absolute atomic E-state index is 6.21. The number of ether oxygens (including phenoxy) is 2. The van der Waals surface area contributed by atoms with Crippen molar-refractivity contribution in [2.75, 3.05) is 13.7 Å². The van der Waals surface area contributed by atoms with E-state index in [9.17, 15) is 0 Å². The molecule has 1 aliphatic rings. The standard InChI is InChI=1S/C23H35N5O2.HI/c1-6-24-23(26-15-20-16(2)27-28(4)17(20)3)25-14-18-11-12-21(29-5)22(13-18)30-19-9-7-8-10-19;/h11-13,19H,6-10,14-15H2,1-5H3,(H2,24,25,26);1H. The van der Waals surface area contributed by atoms with Gasteiger partial charge in [-0.25, -0.2) is 4.99 Å². The fourth-order valence-corrected chi connectivity index (χ4v) is 3.85. The van der Waals surface area contributed by atoms with Crippen LogP contribution in [0.15, 0.2) is 23.2 Å². The number of nitrogens with one attached hydrogen (secondary N) is 2. The largest absolute Gasteiger partial charge is 0.493 e. The number of aliphatic imine (C=N–C) groups is 1. The van der Waals surface area contributed by atoms with E-state index in [4.69, 9.17) is 14.5 Å². The average Bonchev–Trinajstić information content (AvgIpc) is 3.32. The molecule has 2 aromatic rings. The number of aryl methyl sites for hydroxylation is 2. The van der Waals surface area contributed by atoms with Gasteiger partial charge in [-0.3, -0.25) is 4.68 Å². The number of hydrogen-bond donors (Lipinski definition) is 2. The Hall–Kier alpha value is -1.97. The molecule has 0 spiro atoms. The lowest BCUT2D eigenvalue weighted by Crippen LogP contribution is -2.37. The number of nitrogens with zero attached hydrogens (tertiary/aromatic N) is 3. The lowest BCUT2D eigenvalue weighted by atomic mass is 10.2. The molecule has 0 radical (unpaired) electrons. The Morgan fingerprint density at radius 1 is 1.19 bits per heavy atom. The molecule has 1 fully saturated rings. The van der Waals surface area contributed by atoms with Crippen molar-refractivity contribution in [2.24, 2.45) is 12.0 Å². The van der Waals surface area contributed by atoms with Gasteiger partial charge in [0.1, 0.15) is 0 Å². The molecule has 0 saturated heterocycles. The molecule has 1 saturated carbocycles. The summed E-state index contributed by atoms with van der Waals surface area (Å²) in [5.41, 5.74) is 4.51. The van der Waals surface area contributed by atoms with Crippen molar-refractivity contribution >= 4 is 29.9 Å². The summed E-state index contributed by atoms with van der Waals surface area (Å²) in [4.78, 5) is 4.76. The van der Waals surface area contributed by atoms with E-state index in [1.165, 1.54) is 24.1 Å². The maximum atomic E-state index is 6.21. The van der Waals surface area contributed by atoms with Gasteiger partial charge in [0.2, 0.25) is 0 Å². The van der Waals surface area contributed by atoms with Gasteiger partial charge in [0.25, 0.3) is 0 Å². The number of halogens is 1. The lowest BCUT2D eigenvalue weighted by molar-refractivity contribution is 0.200. The van der Waals surface area contributed by atoms with E-state index in [0.717, 1.165) is 48.1 Å². The third kappa shape index (κ3) is 6.75.